The van der Waals surface area contributed by atoms with Crippen molar-refractivity contribution >= 4 is 28.9 Å². The Hall–Kier alpha value is -3.00. The number of furan rings is 1. The Morgan fingerprint density at radius 3 is 2.75 bits per heavy atom. The summed E-state index contributed by atoms with van der Waals surface area (Å²) in [5, 5.41) is 13.9. The Balaban J connectivity index is 1.82. The summed E-state index contributed by atoms with van der Waals surface area (Å²) in [6, 6.07) is 4.65. The summed E-state index contributed by atoms with van der Waals surface area (Å²) in [4.78, 5) is 27.4. The highest BCUT2D eigenvalue weighted by Gasteiger charge is 2.16. The van der Waals surface area contributed by atoms with E-state index in [1.165, 1.54) is 23.7 Å². The minimum atomic E-state index is -1.21. The molecule has 24 heavy (non-hydrogen) atoms. The van der Waals surface area contributed by atoms with Crippen LogP contribution in [0, 0.1) is 12.7 Å². The topological polar surface area (TPSA) is 92.4 Å². The zero-order valence-corrected chi connectivity index (χ0v) is 13.2. The number of nitrogens with one attached hydrogen (secondary N) is 1. The molecule has 0 aliphatic carbocycles. The number of rotatable bonds is 4. The zero-order valence-electron chi connectivity index (χ0n) is 12.4. The molecule has 0 bridgehead atoms. The van der Waals surface area contributed by atoms with Gasteiger partial charge in [-0.05, 0) is 31.2 Å². The van der Waals surface area contributed by atoms with E-state index >= 15 is 0 Å². The van der Waals surface area contributed by atoms with E-state index in [9.17, 15) is 14.0 Å². The highest BCUT2D eigenvalue weighted by molar-refractivity contribution is 7.09. The van der Waals surface area contributed by atoms with Gasteiger partial charge in [0.05, 0.1) is 21.8 Å². The fraction of sp³-hybridized carbons (Fsp3) is 0.0625. The normalized spacial score (nSPS) is 10.6. The van der Waals surface area contributed by atoms with Crippen molar-refractivity contribution < 1.29 is 23.5 Å². The van der Waals surface area contributed by atoms with E-state index in [1.54, 1.807) is 5.38 Å². The molecule has 3 rings (SSSR count). The molecular formula is C16H11FN2O4S. The first-order chi connectivity index (χ1) is 11.4. The minimum absolute atomic E-state index is 0.127. The van der Waals surface area contributed by atoms with Crippen LogP contribution in [-0.2, 0) is 0 Å². The van der Waals surface area contributed by atoms with Gasteiger partial charge in [0.25, 0.3) is 5.91 Å². The van der Waals surface area contributed by atoms with E-state index in [2.05, 4.69) is 10.3 Å². The quantitative estimate of drug-likeness (QED) is 0.749. The number of carbonyl (C=O) groups excluding carboxylic acids is 1. The molecule has 0 atom stereocenters. The molecule has 0 unspecified atom stereocenters. The van der Waals surface area contributed by atoms with Gasteiger partial charge >= 0.3 is 5.97 Å². The standard InChI is InChI=1S/C16H11FN2O4S/c1-8-18-13(7-24-8)14-5-10(6-23-14)15(20)19-12-4-9(16(21)22)2-3-11(12)17/h2-7H,1H3,(H,19,20)(H,21,22). The van der Waals surface area contributed by atoms with Crippen LogP contribution in [0.5, 0.6) is 0 Å². The maximum atomic E-state index is 13.7. The number of aromatic carboxylic acids is 1. The molecule has 1 aromatic carbocycles. The number of benzene rings is 1. The average Bonchev–Trinajstić information content (AvgIpc) is 3.17. The number of carboxylic acid groups (broad SMARTS) is 1. The van der Waals surface area contributed by atoms with Crippen LogP contribution in [0.25, 0.3) is 11.5 Å². The van der Waals surface area contributed by atoms with Gasteiger partial charge in [-0.25, -0.2) is 14.2 Å². The molecule has 2 heterocycles. The Labute approximate surface area is 139 Å². The predicted molar refractivity (Wildman–Crippen MR) is 85.9 cm³/mol. The third-order valence-electron chi connectivity index (χ3n) is 3.19. The average molecular weight is 346 g/mol. The number of hydrogen-bond donors (Lipinski definition) is 2. The number of halogens is 1. The number of nitrogens with zero attached hydrogens (tertiary/aromatic N) is 1. The molecule has 1 amide bonds. The third kappa shape index (κ3) is 3.18. The van der Waals surface area contributed by atoms with Gasteiger partial charge in [0.2, 0.25) is 0 Å². The van der Waals surface area contributed by atoms with Crippen LogP contribution in [0.4, 0.5) is 10.1 Å². The molecule has 0 aliphatic heterocycles. The van der Waals surface area contributed by atoms with E-state index in [0.29, 0.717) is 11.5 Å². The molecule has 0 saturated heterocycles. The zero-order chi connectivity index (χ0) is 17.3. The molecule has 0 aliphatic rings. The SMILES string of the molecule is Cc1nc(-c2cc(C(=O)Nc3cc(C(=O)O)ccc3F)co2)cs1. The van der Waals surface area contributed by atoms with Crippen LogP contribution < -0.4 is 5.32 Å². The third-order valence-corrected chi connectivity index (χ3v) is 3.97. The highest BCUT2D eigenvalue weighted by atomic mass is 32.1. The largest absolute Gasteiger partial charge is 0.478 e. The summed E-state index contributed by atoms with van der Waals surface area (Å²) in [7, 11) is 0. The van der Waals surface area contributed by atoms with E-state index in [4.69, 9.17) is 9.52 Å². The van der Waals surface area contributed by atoms with Crippen molar-refractivity contribution in [3.8, 4) is 11.5 Å². The molecule has 0 fully saturated rings. The van der Waals surface area contributed by atoms with Crippen molar-refractivity contribution in [2.24, 2.45) is 0 Å². The Bertz CT molecular complexity index is 932. The monoisotopic (exact) mass is 346 g/mol. The van der Waals surface area contributed by atoms with Gasteiger partial charge in [-0.1, -0.05) is 0 Å². The van der Waals surface area contributed by atoms with Crippen LogP contribution in [0.2, 0.25) is 0 Å². The molecule has 8 heteroatoms. The summed E-state index contributed by atoms with van der Waals surface area (Å²) in [5.74, 6) is -2.13. The molecule has 2 N–H and O–H groups in total. The van der Waals surface area contributed by atoms with Gasteiger partial charge in [0.1, 0.15) is 17.8 Å². The predicted octanol–water partition coefficient (Wildman–Crippen LogP) is 3.80. The Morgan fingerprint density at radius 2 is 2.08 bits per heavy atom. The van der Waals surface area contributed by atoms with E-state index in [-0.39, 0.29) is 16.8 Å². The molecule has 122 valence electrons. The van der Waals surface area contributed by atoms with Crippen molar-refractivity contribution in [3.63, 3.8) is 0 Å². The minimum Gasteiger partial charge on any atom is -0.478 e. The van der Waals surface area contributed by atoms with E-state index in [1.807, 2.05) is 6.92 Å². The van der Waals surface area contributed by atoms with E-state index < -0.39 is 17.7 Å². The summed E-state index contributed by atoms with van der Waals surface area (Å²) in [5.41, 5.74) is 0.441. The molecule has 6 nitrogen and oxygen atoms in total. The Morgan fingerprint density at radius 1 is 1.29 bits per heavy atom. The lowest BCUT2D eigenvalue weighted by Crippen LogP contribution is -2.13. The van der Waals surface area contributed by atoms with Gasteiger partial charge in [-0.3, -0.25) is 4.79 Å². The van der Waals surface area contributed by atoms with Crippen LogP contribution in [0.15, 0.2) is 40.3 Å². The van der Waals surface area contributed by atoms with Crippen molar-refractivity contribution in [3.05, 3.63) is 57.9 Å². The summed E-state index contributed by atoms with van der Waals surface area (Å²) in [6.45, 7) is 1.85. The van der Waals surface area contributed by atoms with E-state index in [0.717, 1.165) is 23.2 Å². The molecule has 0 saturated carbocycles. The smallest absolute Gasteiger partial charge is 0.335 e. The fourth-order valence-electron chi connectivity index (χ4n) is 2.01. The number of amides is 1. The number of hydrogen-bond acceptors (Lipinski definition) is 5. The summed E-state index contributed by atoms with van der Waals surface area (Å²) < 4.78 is 19.1. The number of anilines is 1. The van der Waals surface area contributed by atoms with Gasteiger partial charge in [0.15, 0.2) is 5.76 Å². The molecule has 3 aromatic rings. The van der Waals surface area contributed by atoms with Gasteiger partial charge in [-0.2, -0.15) is 0 Å². The van der Waals surface area contributed by atoms with Crippen LogP contribution in [-0.4, -0.2) is 22.0 Å². The van der Waals surface area contributed by atoms with Crippen molar-refractivity contribution in [2.75, 3.05) is 5.32 Å². The first-order valence-corrected chi connectivity index (χ1v) is 7.67. The number of carboxylic acids is 1. The number of thiazole rings is 1. The van der Waals surface area contributed by atoms with Gasteiger partial charge < -0.3 is 14.8 Å². The lowest BCUT2D eigenvalue weighted by Gasteiger charge is -2.06. The Kier molecular flexibility index (Phi) is 4.13. The number of aryl methyl sites for hydroxylation is 1. The fourth-order valence-corrected chi connectivity index (χ4v) is 2.62. The summed E-state index contributed by atoms with van der Waals surface area (Å²) in [6.07, 6.45) is 1.23. The number of aromatic nitrogens is 1. The van der Waals surface area contributed by atoms with Crippen molar-refractivity contribution in [1.29, 1.82) is 0 Å². The van der Waals surface area contributed by atoms with Crippen LogP contribution in [0.1, 0.15) is 25.7 Å². The molecule has 0 radical (unpaired) electrons. The van der Waals surface area contributed by atoms with Gasteiger partial charge in [0, 0.05) is 5.38 Å². The first kappa shape index (κ1) is 15.9. The second-order valence-corrected chi connectivity index (χ2v) is 5.97. The maximum absolute atomic E-state index is 13.7. The summed E-state index contributed by atoms with van der Waals surface area (Å²) >= 11 is 1.45. The maximum Gasteiger partial charge on any atom is 0.335 e. The van der Waals surface area contributed by atoms with Crippen LogP contribution in [0.3, 0.4) is 0 Å². The highest BCUT2D eigenvalue weighted by Crippen LogP contribution is 2.24. The first-order valence-electron chi connectivity index (χ1n) is 6.79. The van der Waals surface area contributed by atoms with Crippen molar-refractivity contribution in [2.45, 2.75) is 6.92 Å². The van der Waals surface area contributed by atoms with Crippen LogP contribution >= 0.6 is 11.3 Å². The molecule has 0 spiro atoms. The van der Waals surface area contributed by atoms with Gasteiger partial charge in [-0.15, -0.1) is 11.3 Å². The lowest BCUT2D eigenvalue weighted by molar-refractivity contribution is 0.0696. The van der Waals surface area contributed by atoms with Crippen molar-refractivity contribution in [1.82, 2.24) is 4.98 Å². The lowest BCUT2D eigenvalue weighted by atomic mass is 10.2. The number of carbonyl (C=O) groups is 2. The second-order valence-electron chi connectivity index (χ2n) is 4.91. The molecule has 2 aromatic heterocycles. The molecular weight excluding hydrogens is 335 g/mol. The second kappa shape index (κ2) is 6.25.